The van der Waals surface area contributed by atoms with E-state index in [0.29, 0.717) is 28.9 Å². The van der Waals surface area contributed by atoms with Crippen molar-refractivity contribution in [2.24, 2.45) is 0 Å². The highest BCUT2D eigenvalue weighted by Gasteiger charge is 2.15. The van der Waals surface area contributed by atoms with Crippen molar-refractivity contribution in [3.05, 3.63) is 29.7 Å². The lowest BCUT2D eigenvalue weighted by Gasteiger charge is -2.15. The number of nitrogens with zero attached hydrogens (tertiary/aromatic N) is 3. The highest BCUT2D eigenvalue weighted by molar-refractivity contribution is 5.78. The molecule has 0 unspecified atom stereocenters. The molecule has 0 amide bonds. The maximum Gasteiger partial charge on any atom is 0.213 e. The van der Waals surface area contributed by atoms with Gasteiger partial charge in [0.25, 0.3) is 0 Å². The molecule has 2 aromatic rings. The minimum atomic E-state index is -0.280. The van der Waals surface area contributed by atoms with E-state index in [1.165, 1.54) is 19.0 Å². The molecule has 2 aromatic heterocycles. The van der Waals surface area contributed by atoms with Crippen LogP contribution in [0.25, 0.3) is 11.0 Å². The Labute approximate surface area is 117 Å². The summed E-state index contributed by atoms with van der Waals surface area (Å²) >= 11 is 0. The number of likely N-dealkylation sites (tertiary alicyclic amines) is 1. The summed E-state index contributed by atoms with van der Waals surface area (Å²) in [5.74, 6) is 0.213. The van der Waals surface area contributed by atoms with E-state index >= 15 is 0 Å². The first-order valence-corrected chi connectivity index (χ1v) is 6.98. The molecule has 0 spiro atoms. The molecule has 1 aliphatic heterocycles. The van der Waals surface area contributed by atoms with E-state index in [2.05, 4.69) is 14.9 Å². The largest absolute Gasteiger partial charge is 0.481 e. The molecule has 0 bridgehead atoms. The summed E-state index contributed by atoms with van der Waals surface area (Å²) in [5.41, 5.74) is 1.97. The molecule has 3 rings (SSSR count). The van der Waals surface area contributed by atoms with E-state index in [0.717, 1.165) is 19.6 Å². The van der Waals surface area contributed by atoms with Crippen LogP contribution in [0, 0.1) is 5.82 Å². The number of pyridine rings is 2. The Bertz CT molecular complexity index is 611. The van der Waals surface area contributed by atoms with Crippen molar-refractivity contribution >= 4 is 11.0 Å². The summed E-state index contributed by atoms with van der Waals surface area (Å²) < 4.78 is 19.2. The number of hydrogen-bond donors (Lipinski definition) is 0. The summed E-state index contributed by atoms with van der Waals surface area (Å²) in [6.45, 7) is 3.09. The van der Waals surface area contributed by atoms with Crippen LogP contribution in [0.15, 0.2) is 18.3 Å². The van der Waals surface area contributed by atoms with Gasteiger partial charge in [-0.25, -0.2) is 9.37 Å². The van der Waals surface area contributed by atoms with Gasteiger partial charge in [0.1, 0.15) is 5.82 Å². The second kappa shape index (κ2) is 5.71. The zero-order valence-electron chi connectivity index (χ0n) is 11.6. The van der Waals surface area contributed by atoms with Crippen molar-refractivity contribution < 1.29 is 9.13 Å². The van der Waals surface area contributed by atoms with Gasteiger partial charge >= 0.3 is 0 Å². The lowest BCUT2D eigenvalue weighted by atomic mass is 10.1. The lowest BCUT2D eigenvalue weighted by molar-refractivity contribution is 0.342. The molecule has 0 radical (unpaired) electrons. The standard InChI is InChI=1S/C15H18FN3O/c1-20-14-5-4-13-15(18-14)11(12(16)10-17-13)6-9-19-7-2-3-8-19/h4-5,10H,2-3,6-9H2,1H3. The molecule has 3 heterocycles. The van der Waals surface area contributed by atoms with Gasteiger partial charge in [-0.2, -0.15) is 0 Å². The number of methoxy groups -OCH3 is 1. The Kier molecular flexibility index (Phi) is 3.78. The molecular weight excluding hydrogens is 257 g/mol. The van der Waals surface area contributed by atoms with Crippen LogP contribution < -0.4 is 4.74 Å². The first-order valence-electron chi connectivity index (χ1n) is 6.98. The predicted molar refractivity (Wildman–Crippen MR) is 75.4 cm³/mol. The lowest BCUT2D eigenvalue weighted by Crippen LogP contribution is -2.22. The SMILES string of the molecule is COc1ccc2ncc(F)c(CCN3CCCC3)c2n1. The van der Waals surface area contributed by atoms with Crippen molar-refractivity contribution in [1.82, 2.24) is 14.9 Å². The normalized spacial score (nSPS) is 15.9. The molecule has 1 fully saturated rings. The smallest absolute Gasteiger partial charge is 0.213 e. The minimum Gasteiger partial charge on any atom is -0.481 e. The third kappa shape index (κ3) is 2.58. The second-order valence-corrected chi connectivity index (χ2v) is 5.10. The van der Waals surface area contributed by atoms with Gasteiger partial charge < -0.3 is 9.64 Å². The van der Waals surface area contributed by atoms with E-state index in [1.54, 1.807) is 13.2 Å². The van der Waals surface area contributed by atoms with E-state index in [4.69, 9.17) is 4.74 Å². The topological polar surface area (TPSA) is 38.2 Å². The molecule has 0 aromatic carbocycles. The molecule has 1 aliphatic rings. The molecule has 0 N–H and O–H groups in total. The third-order valence-corrected chi connectivity index (χ3v) is 3.83. The number of aromatic nitrogens is 2. The summed E-state index contributed by atoms with van der Waals surface area (Å²) in [5, 5.41) is 0. The third-order valence-electron chi connectivity index (χ3n) is 3.83. The molecule has 0 aliphatic carbocycles. The minimum absolute atomic E-state index is 0.280. The fourth-order valence-corrected chi connectivity index (χ4v) is 2.71. The molecule has 20 heavy (non-hydrogen) atoms. The van der Waals surface area contributed by atoms with Crippen LogP contribution in [-0.2, 0) is 6.42 Å². The van der Waals surface area contributed by atoms with E-state index < -0.39 is 0 Å². The van der Waals surface area contributed by atoms with Gasteiger partial charge in [-0.15, -0.1) is 0 Å². The zero-order chi connectivity index (χ0) is 13.9. The zero-order valence-corrected chi connectivity index (χ0v) is 11.6. The first-order chi connectivity index (χ1) is 9.78. The summed E-state index contributed by atoms with van der Waals surface area (Å²) in [4.78, 5) is 10.8. The predicted octanol–water partition coefficient (Wildman–Crippen LogP) is 2.42. The van der Waals surface area contributed by atoms with Crippen molar-refractivity contribution in [2.45, 2.75) is 19.3 Å². The quantitative estimate of drug-likeness (QED) is 0.859. The average molecular weight is 275 g/mol. The van der Waals surface area contributed by atoms with Crippen LogP contribution in [0.1, 0.15) is 18.4 Å². The van der Waals surface area contributed by atoms with Crippen LogP contribution in [-0.4, -0.2) is 41.6 Å². The Morgan fingerprint density at radius 2 is 2.10 bits per heavy atom. The molecule has 1 saturated heterocycles. The number of hydrogen-bond acceptors (Lipinski definition) is 4. The van der Waals surface area contributed by atoms with Crippen LogP contribution >= 0.6 is 0 Å². The maximum atomic E-state index is 14.1. The van der Waals surface area contributed by atoms with Gasteiger partial charge in [0.15, 0.2) is 0 Å². The van der Waals surface area contributed by atoms with E-state index in [1.807, 2.05) is 6.07 Å². The summed E-state index contributed by atoms with van der Waals surface area (Å²) in [7, 11) is 1.56. The van der Waals surface area contributed by atoms with Crippen molar-refractivity contribution in [3.8, 4) is 5.88 Å². The second-order valence-electron chi connectivity index (χ2n) is 5.10. The van der Waals surface area contributed by atoms with Gasteiger partial charge in [-0.05, 0) is 38.4 Å². The summed E-state index contributed by atoms with van der Waals surface area (Å²) in [6.07, 6.45) is 4.43. The molecule has 4 nitrogen and oxygen atoms in total. The number of ether oxygens (including phenoxy) is 1. The summed E-state index contributed by atoms with van der Waals surface area (Å²) in [6, 6.07) is 3.57. The fourth-order valence-electron chi connectivity index (χ4n) is 2.71. The van der Waals surface area contributed by atoms with Crippen molar-refractivity contribution in [3.63, 3.8) is 0 Å². The van der Waals surface area contributed by atoms with Crippen LogP contribution in [0.2, 0.25) is 0 Å². The molecule has 0 atom stereocenters. The number of rotatable bonds is 4. The number of fused-ring (bicyclic) bond motifs is 1. The first kappa shape index (κ1) is 13.2. The van der Waals surface area contributed by atoms with Crippen LogP contribution in [0.4, 0.5) is 4.39 Å². The van der Waals surface area contributed by atoms with Crippen molar-refractivity contribution in [2.75, 3.05) is 26.7 Å². The van der Waals surface area contributed by atoms with E-state index in [9.17, 15) is 4.39 Å². The molecule has 5 heteroatoms. The highest BCUT2D eigenvalue weighted by Crippen LogP contribution is 2.22. The molecule has 0 saturated carbocycles. The highest BCUT2D eigenvalue weighted by atomic mass is 19.1. The van der Waals surface area contributed by atoms with Crippen LogP contribution in [0.5, 0.6) is 5.88 Å². The monoisotopic (exact) mass is 275 g/mol. The molecule has 106 valence electrons. The van der Waals surface area contributed by atoms with Gasteiger partial charge in [-0.1, -0.05) is 0 Å². The average Bonchev–Trinajstić information content (AvgIpc) is 2.99. The Morgan fingerprint density at radius 1 is 1.30 bits per heavy atom. The Morgan fingerprint density at radius 3 is 2.85 bits per heavy atom. The van der Waals surface area contributed by atoms with Gasteiger partial charge in [0.05, 0.1) is 24.3 Å². The Hall–Kier alpha value is -1.75. The van der Waals surface area contributed by atoms with Gasteiger partial charge in [0, 0.05) is 18.2 Å². The fraction of sp³-hybridized carbons (Fsp3) is 0.467. The van der Waals surface area contributed by atoms with Gasteiger partial charge in [-0.3, -0.25) is 4.98 Å². The number of halogens is 1. The van der Waals surface area contributed by atoms with Crippen LogP contribution in [0.3, 0.4) is 0 Å². The molecular formula is C15H18FN3O. The van der Waals surface area contributed by atoms with E-state index in [-0.39, 0.29) is 5.82 Å². The van der Waals surface area contributed by atoms with Crippen molar-refractivity contribution in [1.29, 1.82) is 0 Å². The van der Waals surface area contributed by atoms with Gasteiger partial charge in [0.2, 0.25) is 5.88 Å². The Balaban J connectivity index is 1.92. The maximum absolute atomic E-state index is 14.1.